The second-order valence-corrected chi connectivity index (χ2v) is 13.8. The van der Waals surface area contributed by atoms with Gasteiger partial charge in [0.15, 0.2) is 5.82 Å². The minimum atomic E-state index is -0.0645. The number of nitrogens with zero attached hydrogens (tertiary/aromatic N) is 2. The molecule has 2 nitrogen and oxygen atoms in total. The van der Waals surface area contributed by atoms with Gasteiger partial charge in [-0.3, -0.25) is 0 Å². The molecule has 0 saturated carbocycles. The molecular weight excluding hydrogens is 617 g/mol. The Morgan fingerprint density at radius 1 is 0.314 bits per heavy atom. The molecule has 242 valence electrons. The summed E-state index contributed by atoms with van der Waals surface area (Å²) in [5, 5.41) is 0. The quantitative estimate of drug-likeness (QED) is 0.179. The zero-order valence-corrected chi connectivity index (χ0v) is 28.7. The van der Waals surface area contributed by atoms with Crippen LogP contribution in [0.3, 0.4) is 0 Å². The molecule has 0 fully saturated rings. The van der Waals surface area contributed by atoms with Crippen LogP contribution in [0.4, 0.5) is 0 Å². The lowest BCUT2D eigenvalue weighted by molar-refractivity contribution is 0.660. The molecular formula is C49H36N2. The van der Waals surface area contributed by atoms with E-state index in [0.717, 1.165) is 33.9 Å². The van der Waals surface area contributed by atoms with E-state index < -0.39 is 0 Å². The molecule has 1 aromatic heterocycles. The average Bonchev–Trinajstić information content (AvgIpc) is 3.43. The van der Waals surface area contributed by atoms with Gasteiger partial charge in [-0.15, -0.1) is 0 Å². The summed E-state index contributed by atoms with van der Waals surface area (Å²) in [6.07, 6.45) is 0. The summed E-state index contributed by atoms with van der Waals surface area (Å²) in [5.74, 6) is 0.723. The standard InChI is InChI=1S/C49H36N2/c1-49(2)44-21-13-12-20-40(44)43-30-41(35-14-6-3-7-15-35)42(31-45(43)49)36-26-22-33(23-27-36)34-24-28-38(29-25-34)47-32-46(37-16-8-4-9-17-37)50-48(51-47)39-18-10-5-11-19-39/h3-32H,1-2H3. The number of aromatic nitrogens is 2. The topological polar surface area (TPSA) is 25.8 Å². The van der Waals surface area contributed by atoms with Crippen LogP contribution in [0.25, 0.3) is 78.4 Å². The second-order valence-electron chi connectivity index (χ2n) is 13.8. The molecule has 0 saturated heterocycles. The molecule has 0 radical (unpaired) electrons. The monoisotopic (exact) mass is 652 g/mol. The molecule has 0 amide bonds. The summed E-state index contributed by atoms with van der Waals surface area (Å²) in [6.45, 7) is 4.70. The highest BCUT2D eigenvalue weighted by molar-refractivity contribution is 5.93. The number of benzene rings is 7. The van der Waals surface area contributed by atoms with E-state index in [1.54, 1.807) is 0 Å². The van der Waals surface area contributed by atoms with Crippen LogP contribution in [0.15, 0.2) is 182 Å². The zero-order chi connectivity index (χ0) is 34.4. The van der Waals surface area contributed by atoms with Gasteiger partial charge in [0.1, 0.15) is 0 Å². The van der Waals surface area contributed by atoms with E-state index in [4.69, 9.17) is 9.97 Å². The summed E-state index contributed by atoms with van der Waals surface area (Å²) in [4.78, 5) is 9.97. The van der Waals surface area contributed by atoms with Crippen molar-refractivity contribution in [2.45, 2.75) is 19.3 Å². The van der Waals surface area contributed by atoms with Gasteiger partial charge in [0.25, 0.3) is 0 Å². The number of rotatable bonds is 6. The van der Waals surface area contributed by atoms with E-state index in [9.17, 15) is 0 Å². The third-order valence-electron chi connectivity index (χ3n) is 10.3. The van der Waals surface area contributed by atoms with Crippen molar-refractivity contribution in [3.63, 3.8) is 0 Å². The summed E-state index contributed by atoms with van der Waals surface area (Å²) < 4.78 is 0. The Kier molecular flexibility index (Phi) is 7.51. The van der Waals surface area contributed by atoms with Crippen LogP contribution in [-0.2, 0) is 5.41 Å². The number of fused-ring (bicyclic) bond motifs is 3. The Labute approximate surface area is 299 Å². The van der Waals surface area contributed by atoms with Gasteiger partial charge in [0.2, 0.25) is 0 Å². The first-order valence-corrected chi connectivity index (χ1v) is 17.6. The van der Waals surface area contributed by atoms with Crippen LogP contribution < -0.4 is 0 Å². The fourth-order valence-electron chi connectivity index (χ4n) is 7.59. The lowest BCUT2D eigenvalue weighted by atomic mass is 9.80. The van der Waals surface area contributed by atoms with Crippen molar-refractivity contribution < 1.29 is 0 Å². The van der Waals surface area contributed by atoms with Crippen LogP contribution in [0.1, 0.15) is 25.0 Å². The van der Waals surface area contributed by atoms with E-state index in [1.807, 2.05) is 36.4 Å². The lowest BCUT2D eigenvalue weighted by Gasteiger charge is -2.23. The molecule has 1 heterocycles. The van der Waals surface area contributed by atoms with Crippen LogP contribution in [0.2, 0.25) is 0 Å². The highest BCUT2D eigenvalue weighted by atomic mass is 14.9. The first kappa shape index (κ1) is 30.7. The SMILES string of the molecule is CC1(C)c2ccccc2-c2cc(-c3ccccc3)c(-c3ccc(-c4ccc(-c5cc(-c6ccccc6)nc(-c6ccccc6)n5)cc4)cc3)cc21. The van der Waals surface area contributed by atoms with Gasteiger partial charge >= 0.3 is 0 Å². The summed E-state index contributed by atoms with van der Waals surface area (Å²) >= 11 is 0. The van der Waals surface area contributed by atoms with Crippen LogP contribution in [0, 0.1) is 0 Å². The van der Waals surface area contributed by atoms with Gasteiger partial charge < -0.3 is 0 Å². The van der Waals surface area contributed by atoms with Crippen molar-refractivity contribution in [1.82, 2.24) is 9.97 Å². The van der Waals surface area contributed by atoms with Crippen molar-refractivity contribution >= 4 is 0 Å². The molecule has 51 heavy (non-hydrogen) atoms. The normalized spacial score (nSPS) is 12.7. The molecule has 1 aliphatic rings. The minimum absolute atomic E-state index is 0.0645. The van der Waals surface area contributed by atoms with Crippen LogP contribution >= 0.6 is 0 Å². The molecule has 0 bridgehead atoms. The van der Waals surface area contributed by atoms with E-state index in [2.05, 4.69) is 159 Å². The van der Waals surface area contributed by atoms with Crippen LogP contribution in [0.5, 0.6) is 0 Å². The highest BCUT2D eigenvalue weighted by Gasteiger charge is 2.36. The average molecular weight is 653 g/mol. The maximum atomic E-state index is 5.02. The smallest absolute Gasteiger partial charge is 0.160 e. The van der Waals surface area contributed by atoms with E-state index >= 15 is 0 Å². The number of hydrogen-bond donors (Lipinski definition) is 0. The van der Waals surface area contributed by atoms with Crippen molar-refractivity contribution in [2.24, 2.45) is 0 Å². The molecule has 9 rings (SSSR count). The molecule has 0 aliphatic heterocycles. The van der Waals surface area contributed by atoms with Crippen molar-refractivity contribution in [3.05, 3.63) is 193 Å². The molecule has 2 heteroatoms. The molecule has 7 aromatic carbocycles. The molecule has 0 spiro atoms. The maximum Gasteiger partial charge on any atom is 0.160 e. The molecule has 0 N–H and O–H groups in total. The van der Waals surface area contributed by atoms with E-state index in [0.29, 0.717) is 0 Å². The van der Waals surface area contributed by atoms with Gasteiger partial charge in [-0.2, -0.15) is 0 Å². The first-order chi connectivity index (χ1) is 25.0. The zero-order valence-electron chi connectivity index (χ0n) is 28.7. The highest BCUT2D eigenvalue weighted by Crippen LogP contribution is 2.51. The Balaban J connectivity index is 1.07. The Morgan fingerprint density at radius 2 is 0.745 bits per heavy atom. The first-order valence-electron chi connectivity index (χ1n) is 17.6. The summed E-state index contributed by atoms with van der Waals surface area (Å²) in [5.41, 5.74) is 17.6. The third kappa shape index (κ3) is 5.56. The minimum Gasteiger partial charge on any atom is -0.228 e. The predicted molar refractivity (Wildman–Crippen MR) is 212 cm³/mol. The van der Waals surface area contributed by atoms with Crippen molar-refractivity contribution in [1.29, 1.82) is 0 Å². The fourth-order valence-corrected chi connectivity index (χ4v) is 7.59. The van der Waals surface area contributed by atoms with Gasteiger partial charge in [-0.25, -0.2) is 9.97 Å². The predicted octanol–water partition coefficient (Wildman–Crippen LogP) is 12.8. The van der Waals surface area contributed by atoms with Gasteiger partial charge in [-0.1, -0.05) is 178 Å². The van der Waals surface area contributed by atoms with Crippen molar-refractivity contribution in [2.75, 3.05) is 0 Å². The Morgan fingerprint density at radius 3 is 1.35 bits per heavy atom. The molecule has 1 aliphatic carbocycles. The van der Waals surface area contributed by atoms with Gasteiger partial charge in [-0.05, 0) is 73.8 Å². The summed E-state index contributed by atoms with van der Waals surface area (Å²) in [6, 6.07) is 64.9. The van der Waals surface area contributed by atoms with Gasteiger partial charge in [0.05, 0.1) is 11.4 Å². The van der Waals surface area contributed by atoms with E-state index in [1.165, 1.54) is 55.6 Å². The number of hydrogen-bond acceptors (Lipinski definition) is 2. The van der Waals surface area contributed by atoms with E-state index in [-0.39, 0.29) is 5.41 Å². The molecule has 8 aromatic rings. The van der Waals surface area contributed by atoms with Crippen molar-refractivity contribution in [3.8, 4) is 78.4 Å². The summed E-state index contributed by atoms with van der Waals surface area (Å²) in [7, 11) is 0. The molecule has 0 atom stereocenters. The third-order valence-corrected chi connectivity index (χ3v) is 10.3. The fraction of sp³-hybridized carbons (Fsp3) is 0.0612. The Hall–Kier alpha value is -6.38. The largest absolute Gasteiger partial charge is 0.228 e. The maximum absolute atomic E-state index is 5.02. The van der Waals surface area contributed by atoms with Crippen LogP contribution in [-0.4, -0.2) is 9.97 Å². The Bertz CT molecular complexity index is 2440. The molecule has 0 unspecified atom stereocenters. The van der Waals surface area contributed by atoms with Gasteiger partial charge in [0, 0.05) is 22.1 Å². The second kappa shape index (κ2) is 12.5. The lowest BCUT2D eigenvalue weighted by Crippen LogP contribution is -2.15.